The Morgan fingerprint density at radius 2 is 1.76 bits per heavy atom. The van der Waals surface area contributed by atoms with Gasteiger partial charge >= 0.3 is 5.97 Å². The molecule has 2 rings (SSSR count). The third-order valence-electron chi connectivity index (χ3n) is 3.45. The quantitative estimate of drug-likeness (QED) is 0.589. The number of rotatable bonds is 8. The van der Waals surface area contributed by atoms with Gasteiger partial charge in [0.15, 0.2) is 6.61 Å². The van der Waals surface area contributed by atoms with Gasteiger partial charge in [-0.05, 0) is 30.3 Å². The molecule has 11 heteroatoms. The fourth-order valence-corrected chi connectivity index (χ4v) is 4.35. The zero-order chi connectivity index (χ0) is 21.4. The Kier molecular flexibility index (Phi) is 7.99. The molecule has 0 fully saturated rings. The molecule has 0 radical (unpaired) electrons. The minimum atomic E-state index is -4.02. The minimum absolute atomic E-state index is 0.0512. The molecule has 1 amide bonds. The second-order valence-electron chi connectivity index (χ2n) is 5.60. The molecule has 0 bridgehead atoms. The number of amides is 1. The van der Waals surface area contributed by atoms with Gasteiger partial charge in [-0.1, -0.05) is 35.3 Å². The molecule has 0 saturated carbocycles. The van der Waals surface area contributed by atoms with Crippen LogP contribution < -0.4 is 10.0 Å². The second-order valence-corrected chi connectivity index (χ2v) is 8.12. The number of nitriles is 1. The number of nitrogens with one attached hydrogen (secondary N) is 2. The summed E-state index contributed by atoms with van der Waals surface area (Å²) in [5.41, 5.74) is 0.750. The number of esters is 1. The van der Waals surface area contributed by atoms with Crippen molar-refractivity contribution in [1.82, 2.24) is 4.72 Å². The minimum Gasteiger partial charge on any atom is -0.456 e. The Balaban J connectivity index is 1.80. The van der Waals surface area contributed by atoms with Crippen LogP contribution in [0, 0.1) is 11.3 Å². The molecule has 0 aromatic heterocycles. The predicted molar refractivity (Wildman–Crippen MR) is 107 cm³/mol. The normalized spacial score (nSPS) is 10.8. The Hall–Kier alpha value is -2.64. The summed E-state index contributed by atoms with van der Waals surface area (Å²) < 4.78 is 31.5. The predicted octanol–water partition coefficient (Wildman–Crippen LogP) is 2.72. The van der Waals surface area contributed by atoms with Gasteiger partial charge in [-0.3, -0.25) is 9.59 Å². The van der Waals surface area contributed by atoms with Crippen molar-refractivity contribution in [1.29, 1.82) is 5.26 Å². The lowest BCUT2D eigenvalue weighted by atomic mass is 10.2. The van der Waals surface area contributed by atoms with E-state index in [2.05, 4.69) is 10.0 Å². The monoisotopic (exact) mass is 455 g/mol. The number of anilines is 1. The van der Waals surface area contributed by atoms with Gasteiger partial charge in [-0.15, -0.1) is 0 Å². The number of ether oxygens (including phenoxy) is 1. The number of sulfonamides is 1. The number of benzene rings is 2. The fraction of sp³-hybridized carbons (Fsp3) is 0.167. The summed E-state index contributed by atoms with van der Waals surface area (Å²) in [6, 6.07) is 12.4. The molecule has 2 aromatic rings. The zero-order valence-corrected chi connectivity index (χ0v) is 17.1. The SMILES string of the molecule is N#Cc1cccc(NC(=O)COC(=O)CCNS(=O)(=O)c2c(Cl)cccc2Cl)c1. The van der Waals surface area contributed by atoms with Crippen molar-refractivity contribution in [3.63, 3.8) is 0 Å². The summed E-state index contributed by atoms with van der Waals surface area (Å²) >= 11 is 11.7. The maximum atomic E-state index is 12.3. The van der Waals surface area contributed by atoms with Gasteiger partial charge in [0.1, 0.15) is 4.90 Å². The summed E-state index contributed by atoms with van der Waals surface area (Å²) in [4.78, 5) is 23.2. The van der Waals surface area contributed by atoms with Gasteiger partial charge in [0.25, 0.3) is 5.91 Å². The first-order valence-electron chi connectivity index (χ1n) is 8.12. The summed E-state index contributed by atoms with van der Waals surface area (Å²) in [6.07, 6.45) is -0.307. The second kappa shape index (κ2) is 10.2. The lowest BCUT2D eigenvalue weighted by Crippen LogP contribution is -2.28. The number of carbonyl (C=O) groups excluding carboxylic acids is 2. The maximum Gasteiger partial charge on any atom is 0.307 e. The third-order valence-corrected chi connectivity index (χ3v) is 5.86. The lowest BCUT2D eigenvalue weighted by Gasteiger charge is -2.10. The van der Waals surface area contributed by atoms with E-state index in [4.69, 9.17) is 33.2 Å². The summed E-state index contributed by atoms with van der Waals surface area (Å²) in [6.45, 7) is -0.826. The molecule has 0 aliphatic carbocycles. The molecule has 2 aromatic carbocycles. The molecular weight excluding hydrogens is 441 g/mol. The molecule has 0 unspecified atom stereocenters. The zero-order valence-electron chi connectivity index (χ0n) is 14.8. The van der Waals surface area contributed by atoms with Crippen molar-refractivity contribution in [2.75, 3.05) is 18.5 Å². The molecular formula is C18H15Cl2N3O5S. The van der Waals surface area contributed by atoms with E-state index in [9.17, 15) is 18.0 Å². The highest BCUT2D eigenvalue weighted by molar-refractivity contribution is 7.89. The van der Waals surface area contributed by atoms with E-state index in [0.29, 0.717) is 11.3 Å². The van der Waals surface area contributed by atoms with E-state index in [1.807, 2.05) is 6.07 Å². The van der Waals surface area contributed by atoms with Gasteiger partial charge in [-0.2, -0.15) is 5.26 Å². The summed E-state index contributed by atoms with van der Waals surface area (Å²) in [5.74, 6) is -1.38. The third kappa shape index (κ3) is 6.73. The maximum absolute atomic E-state index is 12.3. The van der Waals surface area contributed by atoms with Crippen molar-refractivity contribution in [2.24, 2.45) is 0 Å². The van der Waals surface area contributed by atoms with Crippen LogP contribution in [0.3, 0.4) is 0 Å². The van der Waals surface area contributed by atoms with Gasteiger partial charge in [0, 0.05) is 12.2 Å². The summed E-state index contributed by atoms with van der Waals surface area (Å²) in [5, 5.41) is 11.2. The van der Waals surface area contributed by atoms with Gasteiger partial charge in [0.2, 0.25) is 10.0 Å². The van der Waals surface area contributed by atoms with Crippen LogP contribution in [-0.4, -0.2) is 33.4 Å². The van der Waals surface area contributed by atoms with Gasteiger partial charge in [0.05, 0.1) is 28.1 Å². The van der Waals surface area contributed by atoms with Crippen molar-refractivity contribution in [3.8, 4) is 6.07 Å². The molecule has 0 aliphatic heterocycles. The first-order chi connectivity index (χ1) is 13.7. The van der Waals surface area contributed by atoms with Crippen LogP contribution in [0.1, 0.15) is 12.0 Å². The van der Waals surface area contributed by atoms with Gasteiger partial charge in [-0.25, -0.2) is 13.1 Å². The highest BCUT2D eigenvalue weighted by Gasteiger charge is 2.21. The van der Waals surface area contributed by atoms with Crippen molar-refractivity contribution in [2.45, 2.75) is 11.3 Å². The number of nitrogens with zero attached hydrogens (tertiary/aromatic N) is 1. The molecule has 152 valence electrons. The van der Waals surface area contributed by atoms with Crippen LogP contribution in [0.4, 0.5) is 5.69 Å². The van der Waals surface area contributed by atoms with E-state index in [1.165, 1.54) is 24.3 Å². The standard InChI is InChI=1S/C18H15Cl2N3O5S/c19-14-5-2-6-15(20)18(14)29(26,27)22-8-7-17(25)28-11-16(24)23-13-4-1-3-12(9-13)10-21/h1-6,9,22H,7-8,11H2,(H,23,24). The average Bonchev–Trinajstić information content (AvgIpc) is 2.66. The first kappa shape index (κ1) is 22.6. The van der Waals surface area contributed by atoms with Crippen LogP contribution in [-0.2, 0) is 24.3 Å². The Morgan fingerprint density at radius 3 is 2.41 bits per heavy atom. The molecule has 0 heterocycles. The summed E-state index contributed by atoms with van der Waals surface area (Å²) in [7, 11) is -4.02. The van der Waals surface area contributed by atoms with E-state index in [-0.39, 0.29) is 27.9 Å². The van der Waals surface area contributed by atoms with E-state index in [0.717, 1.165) is 0 Å². The first-order valence-corrected chi connectivity index (χ1v) is 10.4. The lowest BCUT2D eigenvalue weighted by molar-refractivity contribution is -0.147. The fourth-order valence-electron chi connectivity index (χ4n) is 2.18. The average molecular weight is 456 g/mol. The Bertz CT molecular complexity index is 1050. The molecule has 0 spiro atoms. The highest BCUT2D eigenvalue weighted by Crippen LogP contribution is 2.28. The Morgan fingerprint density at radius 1 is 1.10 bits per heavy atom. The van der Waals surface area contributed by atoms with Crippen LogP contribution in [0.15, 0.2) is 47.4 Å². The molecule has 0 saturated heterocycles. The van der Waals surface area contributed by atoms with E-state index >= 15 is 0 Å². The smallest absolute Gasteiger partial charge is 0.307 e. The van der Waals surface area contributed by atoms with Crippen LogP contribution >= 0.6 is 23.2 Å². The van der Waals surface area contributed by atoms with Crippen molar-refractivity contribution < 1.29 is 22.7 Å². The highest BCUT2D eigenvalue weighted by atomic mass is 35.5. The van der Waals surface area contributed by atoms with E-state index in [1.54, 1.807) is 18.2 Å². The number of hydrogen-bond donors (Lipinski definition) is 2. The van der Waals surface area contributed by atoms with Crippen LogP contribution in [0.5, 0.6) is 0 Å². The van der Waals surface area contributed by atoms with Crippen molar-refractivity contribution in [3.05, 3.63) is 58.1 Å². The van der Waals surface area contributed by atoms with Crippen LogP contribution in [0.2, 0.25) is 10.0 Å². The van der Waals surface area contributed by atoms with Crippen LogP contribution in [0.25, 0.3) is 0 Å². The number of halogens is 2. The molecule has 0 atom stereocenters. The van der Waals surface area contributed by atoms with Crippen molar-refractivity contribution >= 4 is 50.8 Å². The molecule has 0 aliphatic rings. The Labute approximate surface area is 177 Å². The molecule has 2 N–H and O–H groups in total. The number of carbonyl (C=O) groups is 2. The van der Waals surface area contributed by atoms with Gasteiger partial charge < -0.3 is 10.1 Å². The topological polar surface area (TPSA) is 125 Å². The molecule has 8 nitrogen and oxygen atoms in total. The number of hydrogen-bond acceptors (Lipinski definition) is 6. The van der Waals surface area contributed by atoms with E-state index < -0.39 is 28.5 Å². The molecule has 29 heavy (non-hydrogen) atoms. The largest absolute Gasteiger partial charge is 0.456 e.